The van der Waals surface area contributed by atoms with Crippen molar-refractivity contribution < 1.29 is 14.6 Å². The molecule has 0 fully saturated rings. The average molecular weight is 253 g/mol. The van der Waals surface area contributed by atoms with Gasteiger partial charge in [0.1, 0.15) is 5.82 Å². The van der Waals surface area contributed by atoms with Crippen LogP contribution in [0.5, 0.6) is 5.75 Å². The van der Waals surface area contributed by atoms with E-state index in [1.807, 2.05) is 0 Å². The summed E-state index contributed by atoms with van der Waals surface area (Å²) < 4.78 is 5.90. The van der Waals surface area contributed by atoms with Gasteiger partial charge in [0, 0.05) is 6.54 Å². The van der Waals surface area contributed by atoms with Crippen molar-refractivity contribution in [2.75, 3.05) is 14.2 Å². The Morgan fingerprint density at radius 2 is 2.33 bits per heavy atom. The van der Waals surface area contributed by atoms with E-state index in [0.29, 0.717) is 12.4 Å². The molecule has 7 nitrogen and oxygen atoms in total. The van der Waals surface area contributed by atoms with E-state index < -0.39 is 17.3 Å². The number of carbonyl (C=O) groups is 1. The van der Waals surface area contributed by atoms with Crippen LogP contribution in [0.15, 0.2) is 4.79 Å². The van der Waals surface area contributed by atoms with E-state index in [1.54, 1.807) is 7.05 Å². The van der Waals surface area contributed by atoms with Gasteiger partial charge in [-0.15, -0.1) is 0 Å². The number of fused-ring (bicyclic) bond motifs is 1. The van der Waals surface area contributed by atoms with Gasteiger partial charge in [-0.3, -0.25) is 9.36 Å². The van der Waals surface area contributed by atoms with E-state index in [1.165, 1.54) is 11.7 Å². The van der Waals surface area contributed by atoms with Gasteiger partial charge in [-0.2, -0.15) is 0 Å². The maximum Gasteiger partial charge on any atom is 0.360 e. The lowest BCUT2D eigenvalue weighted by Gasteiger charge is -2.25. The Morgan fingerprint density at radius 3 is 2.94 bits per heavy atom. The molecule has 0 spiro atoms. The number of hydrogen-bond acceptors (Lipinski definition) is 6. The minimum Gasteiger partial charge on any atom is -0.501 e. The summed E-state index contributed by atoms with van der Waals surface area (Å²) in [5, 5.41) is 12.7. The number of nitrogens with one attached hydrogen (secondary N) is 1. The number of ether oxygens (including phenoxy) is 1. The number of esters is 1. The van der Waals surface area contributed by atoms with Crippen LogP contribution < -0.4 is 10.9 Å². The molecule has 18 heavy (non-hydrogen) atoms. The lowest BCUT2D eigenvalue weighted by atomic mass is 10.1. The van der Waals surface area contributed by atoms with Crippen LogP contribution in [0.25, 0.3) is 0 Å². The standard InChI is InChI=1S/C11H15N3O4/c1-12-6-4-3-5-14-9(6)13-7(11(17)18-2)8(15)10(14)16/h6,12,15H,3-5H2,1-2H3. The van der Waals surface area contributed by atoms with Crippen LogP contribution in [0.1, 0.15) is 35.2 Å². The highest BCUT2D eigenvalue weighted by Crippen LogP contribution is 2.23. The summed E-state index contributed by atoms with van der Waals surface area (Å²) >= 11 is 0. The van der Waals surface area contributed by atoms with Crippen LogP contribution in [0, 0.1) is 0 Å². The third-order valence-corrected chi connectivity index (χ3v) is 3.09. The van der Waals surface area contributed by atoms with Gasteiger partial charge in [-0.1, -0.05) is 0 Å². The van der Waals surface area contributed by atoms with Crippen molar-refractivity contribution in [2.24, 2.45) is 0 Å². The van der Waals surface area contributed by atoms with E-state index in [4.69, 9.17) is 0 Å². The van der Waals surface area contributed by atoms with Crippen LogP contribution in [-0.2, 0) is 11.3 Å². The van der Waals surface area contributed by atoms with Crippen LogP contribution in [0.3, 0.4) is 0 Å². The first-order valence-corrected chi connectivity index (χ1v) is 5.69. The van der Waals surface area contributed by atoms with Crippen LogP contribution >= 0.6 is 0 Å². The number of aromatic hydroxyl groups is 1. The fourth-order valence-electron chi connectivity index (χ4n) is 2.14. The molecule has 2 heterocycles. The highest BCUT2D eigenvalue weighted by molar-refractivity contribution is 5.89. The summed E-state index contributed by atoms with van der Waals surface area (Å²) in [4.78, 5) is 27.5. The zero-order valence-electron chi connectivity index (χ0n) is 10.3. The first kappa shape index (κ1) is 12.6. The third-order valence-electron chi connectivity index (χ3n) is 3.09. The molecular weight excluding hydrogens is 238 g/mol. The molecule has 1 atom stereocenters. The number of hydrogen-bond donors (Lipinski definition) is 2. The number of methoxy groups -OCH3 is 1. The molecule has 0 bridgehead atoms. The van der Waals surface area contributed by atoms with Crippen molar-refractivity contribution in [3.8, 4) is 5.75 Å². The molecule has 2 N–H and O–H groups in total. The van der Waals surface area contributed by atoms with Crippen molar-refractivity contribution >= 4 is 5.97 Å². The first-order chi connectivity index (χ1) is 8.60. The summed E-state index contributed by atoms with van der Waals surface area (Å²) in [6.07, 6.45) is 1.64. The molecule has 0 radical (unpaired) electrons. The maximum absolute atomic E-state index is 12.0. The fourth-order valence-corrected chi connectivity index (χ4v) is 2.14. The normalized spacial score (nSPS) is 18.2. The molecule has 2 rings (SSSR count). The van der Waals surface area contributed by atoms with Gasteiger partial charge in [-0.05, 0) is 19.9 Å². The predicted octanol–water partition coefficient (Wildman–Crippen LogP) is -0.210. The predicted molar refractivity (Wildman–Crippen MR) is 62.5 cm³/mol. The second-order valence-corrected chi connectivity index (χ2v) is 4.10. The molecule has 0 amide bonds. The molecule has 0 aromatic carbocycles. The number of carbonyl (C=O) groups excluding carboxylic acids is 1. The van der Waals surface area contributed by atoms with E-state index in [-0.39, 0.29) is 11.7 Å². The smallest absolute Gasteiger partial charge is 0.360 e. The lowest BCUT2D eigenvalue weighted by molar-refractivity contribution is 0.0588. The largest absolute Gasteiger partial charge is 0.501 e. The molecule has 0 saturated heterocycles. The summed E-state index contributed by atoms with van der Waals surface area (Å²) in [6.45, 7) is 0.494. The Hall–Kier alpha value is -1.89. The van der Waals surface area contributed by atoms with Gasteiger partial charge in [-0.25, -0.2) is 9.78 Å². The number of nitrogens with zero attached hydrogens (tertiary/aromatic N) is 2. The molecule has 1 aromatic rings. The van der Waals surface area contributed by atoms with Crippen molar-refractivity contribution in [2.45, 2.75) is 25.4 Å². The highest BCUT2D eigenvalue weighted by Gasteiger charge is 2.27. The molecule has 7 heteroatoms. The van der Waals surface area contributed by atoms with Gasteiger partial charge in [0.05, 0.1) is 13.2 Å². The van der Waals surface area contributed by atoms with Crippen LogP contribution in [-0.4, -0.2) is 34.8 Å². The Labute approximate surface area is 103 Å². The molecule has 1 unspecified atom stereocenters. The molecule has 1 aliphatic rings. The topological polar surface area (TPSA) is 93.5 Å². The average Bonchev–Trinajstić information content (AvgIpc) is 2.41. The van der Waals surface area contributed by atoms with Crippen molar-refractivity contribution in [1.82, 2.24) is 14.9 Å². The van der Waals surface area contributed by atoms with E-state index in [9.17, 15) is 14.7 Å². The monoisotopic (exact) mass is 253 g/mol. The molecule has 1 aromatic heterocycles. The Balaban J connectivity index is 2.64. The molecule has 98 valence electrons. The van der Waals surface area contributed by atoms with E-state index in [2.05, 4.69) is 15.0 Å². The van der Waals surface area contributed by atoms with Crippen LogP contribution in [0.4, 0.5) is 0 Å². The summed E-state index contributed by atoms with van der Waals surface area (Å²) in [5.41, 5.74) is -0.920. The van der Waals surface area contributed by atoms with E-state index >= 15 is 0 Å². The minimum absolute atomic E-state index is 0.101. The van der Waals surface area contributed by atoms with Gasteiger partial charge < -0.3 is 15.2 Å². The van der Waals surface area contributed by atoms with Crippen molar-refractivity contribution in [1.29, 1.82) is 0 Å². The Morgan fingerprint density at radius 1 is 1.61 bits per heavy atom. The van der Waals surface area contributed by atoms with Gasteiger partial charge in [0.2, 0.25) is 5.75 Å². The minimum atomic E-state index is -0.812. The SMILES string of the molecule is CNC1CCCn2c1nc(C(=O)OC)c(O)c2=O. The molecular formula is C11H15N3O4. The van der Waals surface area contributed by atoms with Gasteiger partial charge in [0.25, 0.3) is 5.56 Å². The first-order valence-electron chi connectivity index (χ1n) is 5.69. The second kappa shape index (κ2) is 4.77. The molecule has 1 aliphatic heterocycles. The fraction of sp³-hybridized carbons (Fsp3) is 0.545. The Bertz CT molecular complexity index is 538. The molecule has 0 saturated carbocycles. The quantitative estimate of drug-likeness (QED) is 0.708. The zero-order valence-corrected chi connectivity index (χ0v) is 10.3. The third kappa shape index (κ3) is 1.86. The van der Waals surface area contributed by atoms with Crippen LogP contribution in [0.2, 0.25) is 0 Å². The Kier molecular flexibility index (Phi) is 3.33. The van der Waals surface area contributed by atoms with Crippen molar-refractivity contribution in [3.63, 3.8) is 0 Å². The summed E-state index contributed by atoms with van der Waals surface area (Å²) in [5.74, 6) is -0.997. The number of rotatable bonds is 2. The number of aromatic nitrogens is 2. The molecule has 0 aliphatic carbocycles. The second-order valence-electron chi connectivity index (χ2n) is 4.10. The maximum atomic E-state index is 12.0. The zero-order chi connectivity index (χ0) is 13.3. The summed E-state index contributed by atoms with van der Waals surface area (Å²) in [7, 11) is 2.94. The van der Waals surface area contributed by atoms with Gasteiger partial charge in [0.15, 0.2) is 5.69 Å². The van der Waals surface area contributed by atoms with E-state index in [0.717, 1.165) is 12.8 Å². The van der Waals surface area contributed by atoms with Crippen molar-refractivity contribution in [3.05, 3.63) is 21.9 Å². The summed E-state index contributed by atoms with van der Waals surface area (Å²) in [6, 6.07) is -0.101. The highest BCUT2D eigenvalue weighted by atomic mass is 16.5. The lowest BCUT2D eigenvalue weighted by Crippen LogP contribution is -2.35. The van der Waals surface area contributed by atoms with Gasteiger partial charge >= 0.3 is 5.97 Å².